The van der Waals surface area contributed by atoms with E-state index in [1.54, 1.807) is 31.2 Å². The fourth-order valence-corrected chi connectivity index (χ4v) is 2.06. The number of benzene rings is 1. The first-order valence-corrected chi connectivity index (χ1v) is 6.55. The Hall–Kier alpha value is -2.63. The zero-order valence-corrected chi connectivity index (χ0v) is 11.8. The Balaban J connectivity index is 2.04. The normalized spacial score (nSPS) is 11.9. The first-order valence-electron chi connectivity index (χ1n) is 6.55. The van der Waals surface area contributed by atoms with Crippen molar-refractivity contribution in [3.05, 3.63) is 63.6 Å². The Morgan fingerprint density at radius 2 is 2.05 bits per heavy atom. The number of carbonyl (C=O) groups is 1. The number of aryl methyl sites for hydroxylation is 1. The van der Waals surface area contributed by atoms with Crippen LogP contribution in [0.1, 0.15) is 30.0 Å². The molecule has 110 valence electrons. The van der Waals surface area contributed by atoms with Gasteiger partial charge in [0, 0.05) is 11.6 Å². The van der Waals surface area contributed by atoms with Gasteiger partial charge in [-0.1, -0.05) is 18.2 Å². The second-order valence-corrected chi connectivity index (χ2v) is 4.80. The van der Waals surface area contributed by atoms with Crippen LogP contribution in [0.4, 0.5) is 5.69 Å². The zero-order valence-electron chi connectivity index (χ0n) is 11.8. The summed E-state index contributed by atoms with van der Waals surface area (Å²) in [7, 11) is 0. The van der Waals surface area contributed by atoms with Crippen LogP contribution in [0.3, 0.4) is 0 Å². The zero-order chi connectivity index (χ0) is 15.4. The summed E-state index contributed by atoms with van der Waals surface area (Å²) in [5.41, 5.74) is 0.344. The summed E-state index contributed by atoms with van der Waals surface area (Å²) < 4.78 is 5.44. The van der Waals surface area contributed by atoms with Crippen molar-refractivity contribution in [2.24, 2.45) is 0 Å². The fourth-order valence-electron chi connectivity index (χ4n) is 2.06. The summed E-state index contributed by atoms with van der Waals surface area (Å²) in [5, 5.41) is 13.7. The lowest BCUT2D eigenvalue weighted by molar-refractivity contribution is -0.385. The van der Waals surface area contributed by atoms with Gasteiger partial charge in [-0.15, -0.1) is 0 Å². The third kappa shape index (κ3) is 3.68. The molecule has 2 rings (SSSR count). The number of hydrogen-bond acceptors (Lipinski definition) is 4. The lowest BCUT2D eigenvalue weighted by Gasteiger charge is -2.11. The van der Waals surface area contributed by atoms with Crippen LogP contribution < -0.4 is 5.32 Å². The number of furan rings is 1. The summed E-state index contributed by atoms with van der Waals surface area (Å²) in [5.74, 6) is 1.14. The maximum Gasteiger partial charge on any atom is 0.273 e. The highest BCUT2D eigenvalue weighted by Crippen LogP contribution is 2.19. The van der Waals surface area contributed by atoms with Crippen LogP contribution in [0.15, 0.2) is 40.8 Å². The molecule has 0 aliphatic carbocycles. The first kappa shape index (κ1) is 14.8. The van der Waals surface area contributed by atoms with Crippen LogP contribution in [0, 0.1) is 17.0 Å². The van der Waals surface area contributed by atoms with Crippen molar-refractivity contribution < 1.29 is 14.1 Å². The van der Waals surface area contributed by atoms with Crippen molar-refractivity contribution in [1.82, 2.24) is 5.32 Å². The molecule has 0 fully saturated rings. The Labute approximate surface area is 121 Å². The molecule has 6 heteroatoms. The molecular formula is C15H16N2O4. The van der Waals surface area contributed by atoms with Crippen molar-refractivity contribution in [2.45, 2.75) is 26.3 Å². The van der Waals surface area contributed by atoms with E-state index < -0.39 is 4.92 Å². The molecule has 1 N–H and O–H groups in total. The number of carbonyl (C=O) groups excluding carboxylic acids is 1. The Morgan fingerprint density at radius 3 is 2.67 bits per heavy atom. The number of nitrogens with zero attached hydrogens (tertiary/aromatic N) is 1. The Morgan fingerprint density at radius 1 is 1.33 bits per heavy atom. The lowest BCUT2D eigenvalue weighted by atomic mass is 10.1. The average Bonchev–Trinajstić information content (AvgIpc) is 2.85. The van der Waals surface area contributed by atoms with Gasteiger partial charge >= 0.3 is 0 Å². The third-order valence-electron chi connectivity index (χ3n) is 3.10. The number of nitro groups is 1. The number of amides is 1. The summed E-state index contributed by atoms with van der Waals surface area (Å²) in [6, 6.07) is 9.56. The van der Waals surface area contributed by atoms with Gasteiger partial charge in [0.15, 0.2) is 0 Å². The molecule has 21 heavy (non-hydrogen) atoms. The standard InChI is InChI=1S/C15H16N2O4/c1-10-7-8-14(21-10)11(2)16-15(18)9-12-5-3-4-6-13(12)17(19)20/h3-8,11H,9H2,1-2H3,(H,16,18). The minimum atomic E-state index is -0.484. The number of para-hydroxylation sites is 1. The predicted octanol–water partition coefficient (Wildman–Crippen LogP) is 2.92. The van der Waals surface area contributed by atoms with E-state index in [2.05, 4.69) is 5.32 Å². The van der Waals surface area contributed by atoms with Gasteiger partial charge in [-0.3, -0.25) is 14.9 Å². The molecule has 0 spiro atoms. The second kappa shape index (κ2) is 6.21. The van der Waals surface area contributed by atoms with Gasteiger partial charge in [0.1, 0.15) is 11.5 Å². The maximum absolute atomic E-state index is 12.0. The predicted molar refractivity (Wildman–Crippen MR) is 76.8 cm³/mol. The second-order valence-electron chi connectivity index (χ2n) is 4.80. The fraction of sp³-hybridized carbons (Fsp3) is 0.267. The number of hydrogen-bond donors (Lipinski definition) is 1. The lowest BCUT2D eigenvalue weighted by Crippen LogP contribution is -2.28. The van der Waals surface area contributed by atoms with E-state index in [1.807, 2.05) is 13.0 Å². The molecule has 0 aliphatic rings. The van der Waals surface area contributed by atoms with Crippen LogP contribution in [-0.4, -0.2) is 10.8 Å². The van der Waals surface area contributed by atoms with Gasteiger partial charge in [-0.2, -0.15) is 0 Å². The van der Waals surface area contributed by atoms with E-state index in [1.165, 1.54) is 6.07 Å². The van der Waals surface area contributed by atoms with Gasteiger partial charge in [-0.25, -0.2) is 0 Å². The minimum Gasteiger partial charge on any atom is -0.464 e. The summed E-state index contributed by atoms with van der Waals surface area (Å²) in [6.45, 7) is 3.63. The third-order valence-corrected chi connectivity index (χ3v) is 3.10. The van der Waals surface area contributed by atoms with Gasteiger partial charge < -0.3 is 9.73 Å². The molecule has 0 bridgehead atoms. The summed E-state index contributed by atoms with van der Waals surface area (Å²) in [4.78, 5) is 22.4. The van der Waals surface area contributed by atoms with E-state index in [0.717, 1.165) is 5.76 Å². The van der Waals surface area contributed by atoms with Crippen molar-refractivity contribution in [3.63, 3.8) is 0 Å². The quantitative estimate of drug-likeness (QED) is 0.677. The van der Waals surface area contributed by atoms with Crippen LogP contribution in [0.25, 0.3) is 0 Å². The highest BCUT2D eigenvalue weighted by atomic mass is 16.6. The number of rotatable bonds is 5. The molecule has 0 aliphatic heterocycles. The van der Waals surface area contributed by atoms with Crippen LogP contribution in [0.2, 0.25) is 0 Å². The molecule has 1 heterocycles. The van der Waals surface area contributed by atoms with Gasteiger partial charge in [0.2, 0.25) is 5.91 Å². The molecule has 1 atom stereocenters. The van der Waals surface area contributed by atoms with Crippen LogP contribution in [0.5, 0.6) is 0 Å². The van der Waals surface area contributed by atoms with E-state index in [9.17, 15) is 14.9 Å². The van der Waals surface area contributed by atoms with Crippen LogP contribution >= 0.6 is 0 Å². The highest BCUT2D eigenvalue weighted by Gasteiger charge is 2.18. The molecule has 1 aromatic carbocycles. The van der Waals surface area contributed by atoms with Gasteiger partial charge in [0.05, 0.1) is 17.4 Å². The molecule has 6 nitrogen and oxygen atoms in total. The Kier molecular flexibility index (Phi) is 4.37. The highest BCUT2D eigenvalue weighted by molar-refractivity contribution is 5.80. The molecule has 2 aromatic rings. The van der Waals surface area contributed by atoms with E-state index in [0.29, 0.717) is 11.3 Å². The minimum absolute atomic E-state index is 0.0405. The first-order chi connectivity index (χ1) is 9.97. The molecule has 0 saturated heterocycles. The van der Waals surface area contributed by atoms with E-state index in [-0.39, 0.29) is 24.1 Å². The SMILES string of the molecule is Cc1ccc(C(C)NC(=O)Cc2ccccc2[N+](=O)[O-])o1. The van der Waals surface area contributed by atoms with Crippen LogP contribution in [-0.2, 0) is 11.2 Å². The molecule has 0 saturated carbocycles. The van der Waals surface area contributed by atoms with E-state index >= 15 is 0 Å². The molecule has 1 amide bonds. The smallest absolute Gasteiger partial charge is 0.273 e. The Bertz CT molecular complexity index is 663. The summed E-state index contributed by atoms with van der Waals surface area (Å²) >= 11 is 0. The monoisotopic (exact) mass is 288 g/mol. The van der Waals surface area contributed by atoms with E-state index in [4.69, 9.17) is 4.42 Å². The largest absolute Gasteiger partial charge is 0.464 e. The molecule has 1 aromatic heterocycles. The summed E-state index contributed by atoms with van der Waals surface area (Å²) in [6.07, 6.45) is -0.0405. The average molecular weight is 288 g/mol. The van der Waals surface area contributed by atoms with Crippen molar-refractivity contribution in [2.75, 3.05) is 0 Å². The molecule has 1 unspecified atom stereocenters. The molecular weight excluding hydrogens is 272 g/mol. The number of nitrogens with one attached hydrogen (secondary N) is 1. The topological polar surface area (TPSA) is 85.4 Å². The molecule has 0 radical (unpaired) electrons. The van der Waals surface area contributed by atoms with Crippen molar-refractivity contribution in [3.8, 4) is 0 Å². The maximum atomic E-state index is 12.0. The number of nitro benzene ring substituents is 1. The van der Waals surface area contributed by atoms with Gasteiger partial charge in [0.25, 0.3) is 5.69 Å². The van der Waals surface area contributed by atoms with Crippen molar-refractivity contribution in [1.29, 1.82) is 0 Å². The van der Waals surface area contributed by atoms with Gasteiger partial charge in [-0.05, 0) is 26.0 Å². The van der Waals surface area contributed by atoms with Crippen molar-refractivity contribution >= 4 is 11.6 Å².